The van der Waals surface area contributed by atoms with Gasteiger partial charge in [-0.1, -0.05) is 12.8 Å². The van der Waals surface area contributed by atoms with Crippen LogP contribution in [0, 0.1) is 6.92 Å². The molecule has 3 amide bonds. The van der Waals surface area contributed by atoms with Crippen LogP contribution < -0.4 is 10.9 Å². The molecular weight excluding hydrogens is 308 g/mol. The minimum Gasteiger partial charge on any atom is -0.323 e. The lowest BCUT2D eigenvalue weighted by molar-refractivity contribution is -0.131. The molecule has 2 aromatic rings. The van der Waals surface area contributed by atoms with Crippen molar-refractivity contribution in [1.82, 2.24) is 19.6 Å². The van der Waals surface area contributed by atoms with Crippen LogP contribution in [0.2, 0.25) is 0 Å². The number of pyridine rings is 1. The van der Waals surface area contributed by atoms with Gasteiger partial charge in [-0.2, -0.15) is 0 Å². The summed E-state index contributed by atoms with van der Waals surface area (Å²) >= 11 is 0. The van der Waals surface area contributed by atoms with Crippen LogP contribution in [-0.4, -0.2) is 31.8 Å². The molecule has 2 fully saturated rings. The van der Waals surface area contributed by atoms with Gasteiger partial charge in [0.25, 0.3) is 11.5 Å². The molecule has 2 aliphatic rings. The van der Waals surface area contributed by atoms with Crippen molar-refractivity contribution >= 4 is 17.6 Å². The van der Waals surface area contributed by atoms with Gasteiger partial charge in [-0.3, -0.25) is 18.9 Å². The molecule has 1 aliphatic heterocycles. The maximum atomic E-state index is 12.7. The number of aryl methyl sites for hydroxylation is 1. The van der Waals surface area contributed by atoms with E-state index in [0.29, 0.717) is 24.2 Å². The lowest BCUT2D eigenvalue weighted by Gasteiger charge is -2.19. The summed E-state index contributed by atoms with van der Waals surface area (Å²) in [7, 11) is 0. The number of imide groups is 1. The van der Waals surface area contributed by atoms with Gasteiger partial charge in [0.15, 0.2) is 0 Å². The number of carbonyl (C=O) groups excluding carboxylic acids is 2. The van der Waals surface area contributed by atoms with E-state index in [4.69, 9.17) is 0 Å². The van der Waals surface area contributed by atoms with Crippen LogP contribution in [0.25, 0.3) is 5.65 Å². The SMILES string of the molecule is Cc1ccn2c(=O)cc(CN3C(=O)NC4(CCCC4)C3=O)nc2c1. The first-order valence-electron chi connectivity index (χ1n) is 8.12. The smallest absolute Gasteiger partial charge is 0.323 e. The summed E-state index contributed by atoms with van der Waals surface area (Å²) in [6, 6.07) is 4.61. The molecule has 0 bridgehead atoms. The Balaban J connectivity index is 1.68. The van der Waals surface area contributed by atoms with Crippen LogP contribution in [0.15, 0.2) is 29.2 Å². The van der Waals surface area contributed by atoms with Gasteiger partial charge < -0.3 is 5.32 Å². The first-order valence-corrected chi connectivity index (χ1v) is 8.12. The standard InChI is InChI=1S/C17H18N4O3/c1-11-4-7-20-13(8-11)18-12(9-14(20)22)10-21-15(23)17(19-16(21)24)5-2-3-6-17/h4,7-9H,2-3,5-6,10H2,1H3,(H,19,24). The van der Waals surface area contributed by atoms with Crippen molar-refractivity contribution in [3.63, 3.8) is 0 Å². The third kappa shape index (κ3) is 2.19. The Hall–Kier alpha value is -2.70. The van der Waals surface area contributed by atoms with Gasteiger partial charge in [0.1, 0.15) is 11.2 Å². The molecule has 0 atom stereocenters. The third-order valence-corrected chi connectivity index (χ3v) is 4.90. The predicted octanol–water partition coefficient (Wildman–Crippen LogP) is 1.37. The minimum atomic E-state index is -0.737. The van der Waals surface area contributed by atoms with Gasteiger partial charge in [0.2, 0.25) is 0 Å². The van der Waals surface area contributed by atoms with Crippen LogP contribution in [-0.2, 0) is 11.3 Å². The highest BCUT2D eigenvalue weighted by atomic mass is 16.2. The minimum absolute atomic E-state index is 0.0199. The van der Waals surface area contributed by atoms with E-state index in [9.17, 15) is 14.4 Å². The summed E-state index contributed by atoms with van der Waals surface area (Å²) in [6.07, 6.45) is 4.91. The summed E-state index contributed by atoms with van der Waals surface area (Å²) in [5.41, 5.74) is 0.959. The average Bonchev–Trinajstić information content (AvgIpc) is 3.08. The van der Waals surface area contributed by atoms with E-state index < -0.39 is 11.6 Å². The molecule has 2 aromatic heterocycles. The van der Waals surface area contributed by atoms with Gasteiger partial charge in [0, 0.05) is 12.3 Å². The van der Waals surface area contributed by atoms with E-state index >= 15 is 0 Å². The molecule has 1 saturated carbocycles. The third-order valence-electron chi connectivity index (χ3n) is 4.90. The Morgan fingerprint density at radius 2 is 1.96 bits per heavy atom. The maximum absolute atomic E-state index is 12.7. The average molecular weight is 326 g/mol. The first-order chi connectivity index (χ1) is 11.5. The highest BCUT2D eigenvalue weighted by Gasteiger charge is 2.52. The summed E-state index contributed by atoms with van der Waals surface area (Å²) in [4.78, 5) is 42.7. The number of nitrogens with zero attached hydrogens (tertiary/aromatic N) is 3. The monoisotopic (exact) mass is 326 g/mol. The summed E-state index contributed by atoms with van der Waals surface area (Å²) in [5, 5.41) is 2.84. The van der Waals surface area contributed by atoms with Crippen molar-refractivity contribution in [1.29, 1.82) is 0 Å². The normalized spacial score (nSPS) is 19.5. The van der Waals surface area contributed by atoms with Crippen molar-refractivity contribution in [2.45, 2.75) is 44.7 Å². The molecule has 3 heterocycles. The summed E-state index contributed by atoms with van der Waals surface area (Å²) in [5.74, 6) is -0.198. The number of rotatable bonds is 2. The van der Waals surface area contributed by atoms with Gasteiger partial charge in [0.05, 0.1) is 12.2 Å². The number of nitrogens with one attached hydrogen (secondary N) is 1. The van der Waals surface area contributed by atoms with Crippen molar-refractivity contribution < 1.29 is 9.59 Å². The van der Waals surface area contributed by atoms with Crippen molar-refractivity contribution in [2.24, 2.45) is 0 Å². The van der Waals surface area contributed by atoms with Gasteiger partial charge in [-0.25, -0.2) is 9.78 Å². The van der Waals surface area contributed by atoms with E-state index in [1.807, 2.05) is 13.0 Å². The van der Waals surface area contributed by atoms with E-state index in [1.54, 1.807) is 12.3 Å². The molecule has 0 aromatic carbocycles. The van der Waals surface area contributed by atoms with Crippen LogP contribution in [0.4, 0.5) is 4.79 Å². The van der Waals surface area contributed by atoms with Crippen LogP contribution in [0.1, 0.15) is 36.9 Å². The molecule has 0 unspecified atom stereocenters. The molecule has 124 valence electrons. The number of aromatic nitrogens is 2. The lowest BCUT2D eigenvalue weighted by Crippen LogP contribution is -2.44. The topological polar surface area (TPSA) is 83.8 Å². The zero-order valence-electron chi connectivity index (χ0n) is 13.4. The zero-order valence-corrected chi connectivity index (χ0v) is 13.4. The van der Waals surface area contributed by atoms with Crippen molar-refractivity contribution in [2.75, 3.05) is 0 Å². The fraction of sp³-hybridized carbons (Fsp3) is 0.412. The van der Waals surface area contributed by atoms with Gasteiger partial charge in [-0.15, -0.1) is 0 Å². The number of fused-ring (bicyclic) bond motifs is 1. The molecule has 1 aliphatic carbocycles. The molecular formula is C17H18N4O3. The lowest BCUT2D eigenvalue weighted by atomic mass is 9.98. The second-order valence-corrected chi connectivity index (χ2v) is 6.63. The number of carbonyl (C=O) groups is 2. The van der Waals surface area contributed by atoms with Crippen molar-refractivity contribution in [3.8, 4) is 0 Å². The quantitative estimate of drug-likeness (QED) is 0.845. The van der Waals surface area contributed by atoms with Crippen molar-refractivity contribution in [3.05, 3.63) is 46.0 Å². The number of hydrogen-bond acceptors (Lipinski definition) is 4. The van der Waals surface area contributed by atoms with E-state index in [1.165, 1.54) is 15.4 Å². The maximum Gasteiger partial charge on any atom is 0.325 e. The number of urea groups is 1. The molecule has 1 spiro atoms. The largest absolute Gasteiger partial charge is 0.325 e. The van der Waals surface area contributed by atoms with Crippen LogP contribution in [0.3, 0.4) is 0 Å². The fourth-order valence-electron chi connectivity index (χ4n) is 3.63. The summed E-state index contributed by atoms with van der Waals surface area (Å²) < 4.78 is 1.45. The van der Waals surface area contributed by atoms with E-state index in [-0.39, 0.29) is 18.0 Å². The Morgan fingerprint density at radius 3 is 2.71 bits per heavy atom. The number of hydrogen-bond donors (Lipinski definition) is 1. The second-order valence-electron chi connectivity index (χ2n) is 6.63. The predicted molar refractivity (Wildman–Crippen MR) is 86.5 cm³/mol. The first kappa shape index (κ1) is 14.9. The Bertz CT molecular complexity index is 912. The molecule has 1 N–H and O–H groups in total. The van der Waals surface area contributed by atoms with Gasteiger partial charge >= 0.3 is 6.03 Å². The highest BCUT2D eigenvalue weighted by Crippen LogP contribution is 2.35. The molecule has 24 heavy (non-hydrogen) atoms. The Morgan fingerprint density at radius 1 is 1.21 bits per heavy atom. The molecule has 1 saturated heterocycles. The van der Waals surface area contributed by atoms with E-state index in [2.05, 4.69) is 10.3 Å². The van der Waals surface area contributed by atoms with Gasteiger partial charge in [-0.05, 0) is 37.5 Å². The fourth-order valence-corrected chi connectivity index (χ4v) is 3.63. The zero-order chi connectivity index (χ0) is 16.9. The van der Waals surface area contributed by atoms with E-state index in [0.717, 1.165) is 18.4 Å². The molecule has 0 radical (unpaired) electrons. The molecule has 7 heteroatoms. The van der Waals surface area contributed by atoms with Crippen LogP contribution in [0.5, 0.6) is 0 Å². The second kappa shape index (κ2) is 5.15. The summed E-state index contributed by atoms with van der Waals surface area (Å²) in [6.45, 7) is 1.94. The van der Waals surface area contributed by atoms with Crippen LogP contribution >= 0.6 is 0 Å². The molecule has 4 rings (SSSR count). The molecule has 7 nitrogen and oxygen atoms in total. The highest BCUT2D eigenvalue weighted by molar-refractivity contribution is 6.07. The Labute approximate surface area is 138 Å². The number of amides is 3. The Kier molecular flexibility index (Phi) is 3.19.